The van der Waals surface area contributed by atoms with E-state index in [1.54, 1.807) is 32.3 Å². The molecule has 2 aliphatic rings. The quantitative estimate of drug-likeness (QED) is 0.544. The summed E-state index contributed by atoms with van der Waals surface area (Å²) in [5.74, 6) is 2.23. The third kappa shape index (κ3) is 7.28. The number of aryl methyl sites for hydroxylation is 1. The summed E-state index contributed by atoms with van der Waals surface area (Å²) in [5, 5.41) is 0. The molecule has 0 saturated carbocycles. The van der Waals surface area contributed by atoms with Crippen LogP contribution in [-0.2, 0) is 16.0 Å². The van der Waals surface area contributed by atoms with Gasteiger partial charge in [0, 0.05) is 13.1 Å². The molecule has 8 heteroatoms. The Labute approximate surface area is 207 Å². The maximum atomic E-state index is 12.2. The number of methoxy groups -OCH3 is 3. The first kappa shape index (κ1) is 26.2. The number of hydrogen-bond donors (Lipinski definition) is 0. The molecule has 190 valence electrons. The Balaban J connectivity index is 0.000000261. The van der Waals surface area contributed by atoms with Crippen molar-refractivity contribution in [3.8, 4) is 23.0 Å². The molecule has 4 rings (SSSR count). The van der Waals surface area contributed by atoms with Crippen LogP contribution in [0.15, 0.2) is 36.4 Å². The number of rotatable bonds is 6. The van der Waals surface area contributed by atoms with Crippen LogP contribution in [0.25, 0.3) is 0 Å². The molecule has 1 atom stereocenters. The molecule has 1 unspecified atom stereocenters. The molecule has 1 amide bonds. The first-order chi connectivity index (χ1) is 16.9. The van der Waals surface area contributed by atoms with E-state index in [2.05, 4.69) is 0 Å². The normalized spacial score (nSPS) is 17.1. The maximum Gasteiger partial charge on any atom is 0.415 e. The highest BCUT2D eigenvalue weighted by atomic mass is 16.6. The zero-order valence-corrected chi connectivity index (χ0v) is 21.0. The van der Waals surface area contributed by atoms with Crippen molar-refractivity contribution in [2.75, 3.05) is 41.0 Å². The first-order valence-electron chi connectivity index (χ1n) is 11.9. The summed E-state index contributed by atoms with van der Waals surface area (Å²) in [4.78, 5) is 25.5. The highest BCUT2D eigenvalue weighted by molar-refractivity contribution is 5.74. The first-order valence-corrected chi connectivity index (χ1v) is 11.9. The Morgan fingerprint density at radius 1 is 0.914 bits per heavy atom. The number of amides is 1. The maximum absolute atomic E-state index is 12.2. The van der Waals surface area contributed by atoms with E-state index in [4.69, 9.17) is 23.7 Å². The van der Waals surface area contributed by atoms with Crippen molar-refractivity contribution >= 4 is 12.1 Å². The largest absolute Gasteiger partial charge is 0.493 e. The van der Waals surface area contributed by atoms with E-state index in [1.807, 2.05) is 37.3 Å². The van der Waals surface area contributed by atoms with Gasteiger partial charge in [-0.15, -0.1) is 0 Å². The monoisotopic (exact) mass is 485 g/mol. The summed E-state index contributed by atoms with van der Waals surface area (Å²) in [7, 11) is 4.81. The summed E-state index contributed by atoms with van der Waals surface area (Å²) in [6.07, 6.45) is 4.21. The van der Waals surface area contributed by atoms with E-state index < -0.39 is 0 Å². The molecule has 0 bridgehead atoms. The Morgan fingerprint density at radius 2 is 1.57 bits per heavy atom. The van der Waals surface area contributed by atoms with Crippen LogP contribution in [0, 0.1) is 12.8 Å². The van der Waals surface area contributed by atoms with Crippen LogP contribution in [0.4, 0.5) is 4.79 Å². The molecule has 0 N–H and O–H groups in total. The van der Waals surface area contributed by atoms with Crippen LogP contribution in [-0.4, -0.2) is 58.0 Å². The molecule has 0 spiro atoms. The standard InChI is InChI=1S/C18H23NO5.C9H12O2/c1-22-16-12-13(11-14-7-10-23-17(14)20)5-6-15(16)24-18(21)19-8-3-2-4-9-19;1-7-4-5-8(10-2)9(6-7)11-3/h5-6,12,14H,2-4,7-11H2,1H3;4-6H,1-3H3. The Bertz CT molecular complexity index is 1000. The number of esters is 1. The number of cyclic esters (lactones) is 1. The van der Waals surface area contributed by atoms with Gasteiger partial charge >= 0.3 is 12.1 Å². The highest BCUT2D eigenvalue weighted by Crippen LogP contribution is 2.31. The summed E-state index contributed by atoms with van der Waals surface area (Å²) < 4.78 is 26.0. The van der Waals surface area contributed by atoms with Crippen LogP contribution < -0.4 is 18.9 Å². The minimum atomic E-state index is -0.333. The number of carbonyl (C=O) groups excluding carboxylic acids is 2. The van der Waals surface area contributed by atoms with Crippen molar-refractivity contribution in [3.05, 3.63) is 47.5 Å². The number of nitrogens with zero attached hydrogens (tertiary/aromatic N) is 1. The third-order valence-electron chi connectivity index (χ3n) is 6.10. The van der Waals surface area contributed by atoms with Gasteiger partial charge in [-0.2, -0.15) is 0 Å². The molecule has 0 aliphatic carbocycles. The van der Waals surface area contributed by atoms with Crippen molar-refractivity contribution in [1.29, 1.82) is 0 Å². The lowest BCUT2D eigenvalue weighted by Gasteiger charge is -2.26. The predicted octanol–water partition coefficient (Wildman–Crippen LogP) is 4.80. The lowest BCUT2D eigenvalue weighted by molar-refractivity contribution is -0.141. The number of hydrogen-bond acceptors (Lipinski definition) is 7. The fourth-order valence-electron chi connectivity index (χ4n) is 4.11. The second kappa shape index (κ2) is 12.9. The van der Waals surface area contributed by atoms with Crippen molar-refractivity contribution in [2.24, 2.45) is 5.92 Å². The van der Waals surface area contributed by atoms with Gasteiger partial charge in [-0.3, -0.25) is 4.79 Å². The average molecular weight is 486 g/mol. The van der Waals surface area contributed by atoms with Crippen molar-refractivity contribution in [3.63, 3.8) is 0 Å². The van der Waals surface area contributed by atoms with Gasteiger partial charge in [0.2, 0.25) is 0 Å². The van der Waals surface area contributed by atoms with Gasteiger partial charge in [0.05, 0.1) is 33.9 Å². The molecule has 2 saturated heterocycles. The second-order valence-corrected chi connectivity index (χ2v) is 8.62. The van der Waals surface area contributed by atoms with Gasteiger partial charge < -0.3 is 28.6 Å². The average Bonchev–Trinajstić information content (AvgIpc) is 3.29. The molecule has 35 heavy (non-hydrogen) atoms. The zero-order chi connectivity index (χ0) is 25.2. The van der Waals surface area contributed by atoms with E-state index in [0.29, 0.717) is 24.5 Å². The second-order valence-electron chi connectivity index (χ2n) is 8.62. The lowest BCUT2D eigenvalue weighted by Crippen LogP contribution is -2.37. The number of carbonyl (C=O) groups is 2. The van der Waals surface area contributed by atoms with Gasteiger partial charge in [-0.05, 0) is 74.4 Å². The topological polar surface area (TPSA) is 83.5 Å². The number of benzene rings is 2. The van der Waals surface area contributed by atoms with Crippen LogP contribution in [0.3, 0.4) is 0 Å². The molecule has 0 radical (unpaired) electrons. The molecule has 2 aromatic carbocycles. The van der Waals surface area contributed by atoms with E-state index in [-0.39, 0.29) is 18.0 Å². The molecular weight excluding hydrogens is 450 g/mol. The highest BCUT2D eigenvalue weighted by Gasteiger charge is 2.27. The zero-order valence-electron chi connectivity index (χ0n) is 21.0. The molecule has 0 aromatic heterocycles. The van der Waals surface area contributed by atoms with Crippen LogP contribution in [0.5, 0.6) is 23.0 Å². The smallest absolute Gasteiger partial charge is 0.415 e. The van der Waals surface area contributed by atoms with Crippen molar-refractivity contribution in [2.45, 2.75) is 39.0 Å². The molecular formula is C27H35NO7. The van der Waals surface area contributed by atoms with Gasteiger partial charge in [-0.25, -0.2) is 4.79 Å². The third-order valence-corrected chi connectivity index (χ3v) is 6.10. The van der Waals surface area contributed by atoms with Crippen LogP contribution >= 0.6 is 0 Å². The van der Waals surface area contributed by atoms with Crippen LogP contribution in [0.1, 0.15) is 36.8 Å². The summed E-state index contributed by atoms with van der Waals surface area (Å²) in [6, 6.07) is 11.3. The van der Waals surface area contributed by atoms with E-state index in [1.165, 1.54) is 5.56 Å². The predicted molar refractivity (Wildman–Crippen MR) is 131 cm³/mol. The van der Waals surface area contributed by atoms with E-state index in [0.717, 1.165) is 55.8 Å². The Morgan fingerprint density at radius 3 is 2.20 bits per heavy atom. The molecule has 8 nitrogen and oxygen atoms in total. The molecule has 2 heterocycles. The van der Waals surface area contributed by atoms with E-state index in [9.17, 15) is 9.59 Å². The van der Waals surface area contributed by atoms with Gasteiger partial charge in [-0.1, -0.05) is 12.1 Å². The summed E-state index contributed by atoms with van der Waals surface area (Å²) in [6.45, 7) is 3.99. The van der Waals surface area contributed by atoms with Crippen molar-refractivity contribution < 1.29 is 33.3 Å². The van der Waals surface area contributed by atoms with Gasteiger partial charge in [0.15, 0.2) is 23.0 Å². The fraction of sp³-hybridized carbons (Fsp3) is 0.481. The summed E-state index contributed by atoms with van der Waals surface area (Å²) >= 11 is 0. The van der Waals surface area contributed by atoms with Gasteiger partial charge in [0.25, 0.3) is 0 Å². The minimum Gasteiger partial charge on any atom is -0.493 e. The fourth-order valence-corrected chi connectivity index (χ4v) is 4.11. The number of piperidine rings is 1. The van der Waals surface area contributed by atoms with Gasteiger partial charge in [0.1, 0.15) is 0 Å². The number of ether oxygens (including phenoxy) is 5. The molecule has 2 aromatic rings. The molecule has 2 aliphatic heterocycles. The van der Waals surface area contributed by atoms with Crippen LogP contribution in [0.2, 0.25) is 0 Å². The Kier molecular flexibility index (Phi) is 9.64. The lowest BCUT2D eigenvalue weighted by atomic mass is 9.98. The Hall–Kier alpha value is -3.42. The summed E-state index contributed by atoms with van der Waals surface area (Å²) in [5.41, 5.74) is 2.14. The minimum absolute atomic E-state index is 0.101. The SMILES string of the molecule is COc1cc(CC2CCOC2=O)ccc1OC(=O)N1CCCCC1.COc1ccc(C)cc1OC. The number of likely N-dealkylation sites (tertiary alicyclic amines) is 1. The molecule has 2 fully saturated rings. The van der Waals surface area contributed by atoms with E-state index >= 15 is 0 Å². The van der Waals surface area contributed by atoms with Crippen molar-refractivity contribution in [1.82, 2.24) is 4.90 Å².